The second-order valence-electron chi connectivity index (χ2n) is 8.54. The van der Waals surface area contributed by atoms with Gasteiger partial charge in [0.2, 0.25) is 0 Å². The third kappa shape index (κ3) is 5.74. The summed E-state index contributed by atoms with van der Waals surface area (Å²) in [6.45, 7) is 2.84. The summed E-state index contributed by atoms with van der Waals surface area (Å²) in [5.74, 6) is 0.732. The van der Waals surface area contributed by atoms with Crippen molar-refractivity contribution in [1.82, 2.24) is 20.3 Å². The monoisotopic (exact) mass is 546 g/mol. The van der Waals surface area contributed by atoms with Crippen LogP contribution >= 0.6 is 23.2 Å². The average molecular weight is 547 g/mol. The minimum Gasteiger partial charge on any atom is -0.492 e. The van der Waals surface area contributed by atoms with Crippen LogP contribution < -0.4 is 10.1 Å². The van der Waals surface area contributed by atoms with Crippen molar-refractivity contribution in [1.29, 1.82) is 0 Å². The molecule has 2 heterocycles. The normalized spacial score (nSPS) is 10.9. The molecule has 1 N–H and O–H groups in total. The van der Waals surface area contributed by atoms with Gasteiger partial charge in [-0.25, -0.2) is 4.68 Å². The van der Waals surface area contributed by atoms with E-state index in [2.05, 4.69) is 10.5 Å². The van der Waals surface area contributed by atoms with Gasteiger partial charge in [0.05, 0.1) is 23.0 Å². The van der Waals surface area contributed by atoms with Gasteiger partial charge in [0.25, 0.3) is 5.91 Å². The second kappa shape index (κ2) is 11.5. The standard InChI is InChI=1S/C29H24Cl2N4O3/c1-2-14-37-26-13-10-20(15-24(26)31)28-21(18-35(33-28)23-6-4-3-5-7-23)17-32-29(36)25-16-27(38-34-25)19-8-11-22(30)12-9-19/h3-13,15-16,18H,2,14,17H2,1H3,(H,32,36). The van der Waals surface area contributed by atoms with Crippen molar-refractivity contribution in [3.63, 3.8) is 0 Å². The highest BCUT2D eigenvalue weighted by Crippen LogP contribution is 2.32. The van der Waals surface area contributed by atoms with E-state index in [-0.39, 0.29) is 18.1 Å². The number of carbonyl (C=O) groups is 1. The van der Waals surface area contributed by atoms with Crippen LogP contribution in [0, 0.1) is 0 Å². The Bertz CT molecular complexity index is 1550. The molecular weight excluding hydrogens is 523 g/mol. The molecule has 192 valence electrons. The van der Waals surface area contributed by atoms with Crippen molar-refractivity contribution in [2.45, 2.75) is 19.9 Å². The Morgan fingerprint density at radius 1 is 1.00 bits per heavy atom. The number of aromatic nitrogens is 3. The molecule has 5 aromatic rings. The van der Waals surface area contributed by atoms with Gasteiger partial charge in [-0.15, -0.1) is 0 Å². The Balaban J connectivity index is 1.39. The Morgan fingerprint density at radius 3 is 2.50 bits per heavy atom. The van der Waals surface area contributed by atoms with Gasteiger partial charge in [-0.1, -0.05) is 53.5 Å². The maximum absolute atomic E-state index is 12.9. The molecule has 0 radical (unpaired) electrons. The summed E-state index contributed by atoms with van der Waals surface area (Å²) in [6.07, 6.45) is 2.78. The number of hydrogen-bond donors (Lipinski definition) is 1. The van der Waals surface area contributed by atoms with Crippen LogP contribution in [0.3, 0.4) is 0 Å². The number of halogens is 2. The molecule has 0 aliphatic carbocycles. The number of benzene rings is 3. The third-order valence-corrected chi connectivity index (χ3v) is 6.34. The molecule has 2 aromatic heterocycles. The Labute approximate surface area is 229 Å². The minimum atomic E-state index is -0.367. The van der Waals surface area contributed by atoms with E-state index in [4.69, 9.17) is 37.6 Å². The lowest BCUT2D eigenvalue weighted by molar-refractivity contribution is 0.0942. The zero-order chi connectivity index (χ0) is 26.5. The molecule has 0 fully saturated rings. The minimum absolute atomic E-state index is 0.174. The molecule has 0 bridgehead atoms. The third-order valence-electron chi connectivity index (χ3n) is 5.79. The fourth-order valence-corrected chi connectivity index (χ4v) is 4.23. The van der Waals surface area contributed by atoms with E-state index in [0.29, 0.717) is 33.9 Å². The first kappa shape index (κ1) is 25.6. The molecule has 0 spiro atoms. The lowest BCUT2D eigenvalue weighted by atomic mass is 10.1. The van der Waals surface area contributed by atoms with Gasteiger partial charge in [0.1, 0.15) is 5.75 Å². The summed E-state index contributed by atoms with van der Waals surface area (Å²) >= 11 is 12.5. The first-order chi connectivity index (χ1) is 18.5. The predicted molar refractivity (Wildman–Crippen MR) is 148 cm³/mol. The average Bonchev–Trinajstić information content (AvgIpc) is 3.60. The number of carbonyl (C=O) groups excluding carboxylic acids is 1. The van der Waals surface area contributed by atoms with E-state index in [1.165, 1.54) is 0 Å². The van der Waals surface area contributed by atoms with Crippen LogP contribution in [-0.4, -0.2) is 27.5 Å². The number of nitrogens with zero attached hydrogens (tertiary/aromatic N) is 3. The fourth-order valence-electron chi connectivity index (χ4n) is 3.87. The molecule has 0 unspecified atom stereocenters. The van der Waals surface area contributed by atoms with Crippen LogP contribution in [0.5, 0.6) is 5.75 Å². The zero-order valence-electron chi connectivity index (χ0n) is 20.5. The summed E-state index contributed by atoms with van der Waals surface area (Å²) in [5, 5.41) is 12.8. The highest BCUT2D eigenvalue weighted by molar-refractivity contribution is 6.32. The smallest absolute Gasteiger partial charge is 0.273 e. The van der Waals surface area contributed by atoms with Gasteiger partial charge in [0.15, 0.2) is 11.5 Å². The van der Waals surface area contributed by atoms with E-state index < -0.39 is 0 Å². The van der Waals surface area contributed by atoms with Crippen molar-refractivity contribution in [3.8, 4) is 34.0 Å². The van der Waals surface area contributed by atoms with Crippen molar-refractivity contribution in [2.24, 2.45) is 0 Å². The van der Waals surface area contributed by atoms with Crippen LogP contribution in [-0.2, 0) is 6.54 Å². The lowest BCUT2D eigenvalue weighted by Crippen LogP contribution is -2.23. The van der Waals surface area contributed by atoms with Gasteiger partial charge in [-0.2, -0.15) is 5.10 Å². The number of ether oxygens (including phenoxy) is 1. The molecule has 0 atom stereocenters. The van der Waals surface area contributed by atoms with Crippen LogP contribution in [0.1, 0.15) is 29.4 Å². The Morgan fingerprint density at radius 2 is 1.76 bits per heavy atom. The van der Waals surface area contributed by atoms with Crippen molar-refractivity contribution >= 4 is 29.1 Å². The molecular formula is C29H24Cl2N4O3. The molecule has 3 aromatic carbocycles. The molecule has 1 amide bonds. The van der Waals surface area contributed by atoms with E-state index in [9.17, 15) is 4.79 Å². The summed E-state index contributed by atoms with van der Waals surface area (Å²) in [6, 6.07) is 24.0. The second-order valence-corrected chi connectivity index (χ2v) is 9.39. The lowest BCUT2D eigenvalue weighted by Gasteiger charge is -2.09. The van der Waals surface area contributed by atoms with Gasteiger partial charge < -0.3 is 14.6 Å². The van der Waals surface area contributed by atoms with E-state index in [1.807, 2.05) is 61.7 Å². The highest BCUT2D eigenvalue weighted by atomic mass is 35.5. The topological polar surface area (TPSA) is 82.2 Å². The number of para-hydroxylation sites is 1. The van der Waals surface area contributed by atoms with E-state index in [1.54, 1.807) is 35.0 Å². The van der Waals surface area contributed by atoms with Crippen LogP contribution in [0.2, 0.25) is 10.0 Å². The van der Waals surface area contributed by atoms with Crippen molar-refractivity contribution < 1.29 is 14.1 Å². The summed E-state index contributed by atoms with van der Waals surface area (Å²) in [5.41, 5.74) is 4.15. The summed E-state index contributed by atoms with van der Waals surface area (Å²) in [4.78, 5) is 12.9. The zero-order valence-corrected chi connectivity index (χ0v) is 22.0. The van der Waals surface area contributed by atoms with Gasteiger partial charge >= 0.3 is 0 Å². The van der Waals surface area contributed by atoms with Crippen LogP contribution in [0.25, 0.3) is 28.3 Å². The summed E-state index contributed by atoms with van der Waals surface area (Å²) in [7, 11) is 0. The van der Waals surface area contributed by atoms with Crippen molar-refractivity contribution in [2.75, 3.05) is 6.61 Å². The SMILES string of the molecule is CCCOc1ccc(-c2nn(-c3ccccc3)cc2CNC(=O)c2cc(-c3ccc(Cl)cc3)on2)cc1Cl. The molecule has 0 aliphatic rings. The Hall–Kier alpha value is -4.07. The summed E-state index contributed by atoms with van der Waals surface area (Å²) < 4.78 is 12.9. The fraction of sp³-hybridized carbons (Fsp3) is 0.138. The molecule has 5 rings (SSSR count). The largest absolute Gasteiger partial charge is 0.492 e. The quantitative estimate of drug-likeness (QED) is 0.211. The molecule has 0 saturated carbocycles. The predicted octanol–water partition coefficient (Wildman–Crippen LogP) is 7.22. The first-order valence-corrected chi connectivity index (χ1v) is 12.8. The Kier molecular flexibility index (Phi) is 7.77. The van der Waals surface area contributed by atoms with Gasteiger partial charge in [-0.05, 0) is 61.0 Å². The number of amides is 1. The van der Waals surface area contributed by atoms with Crippen molar-refractivity contribution in [3.05, 3.63) is 106 Å². The van der Waals surface area contributed by atoms with Crippen LogP contribution in [0.4, 0.5) is 0 Å². The highest BCUT2D eigenvalue weighted by Gasteiger charge is 2.18. The molecule has 0 aliphatic heterocycles. The number of nitrogens with one attached hydrogen (secondary N) is 1. The molecule has 7 nitrogen and oxygen atoms in total. The number of hydrogen-bond acceptors (Lipinski definition) is 5. The van der Waals surface area contributed by atoms with E-state index in [0.717, 1.165) is 28.8 Å². The number of rotatable bonds is 9. The van der Waals surface area contributed by atoms with Gasteiger partial charge in [0, 0.05) is 40.5 Å². The first-order valence-electron chi connectivity index (χ1n) is 12.1. The van der Waals surface area contributed by atoms with Crippen LogP contribution in [0.15, 0.2) is 89.6 Å². The van der Waals surface area contributed by atoms with Gasteiger partial charge in [-0.3, -0.25) is 4.79 Å². The molecule has 0 saturated heterocycles. The molecule has 38 heavy (non-hydrogen) atoms. The molecule has 9 heteroatoms. The maximum Gasteiger partial charge on any atom is 0.273 e. The maximum atomic E-state index is 12.9. The van der Waals surface area contributed by atoms with E-state index >= 15 is 0 Å².